The van der Waals surface area contributed by atoms with Crippen LogP contribution < -0.4 is 18.9 Å². The summed E-state index contributed by atoms with van der Waals surface area (Å²) >= 11 is 0. The minimum absolute atomic E-state index is 0.0917. The van der Waals surface area contributed by atoms with Gasteiger partial charge in [0.1, 0.15) is 58.4 Å². The van der Waals surface area contributed by atoms with Crippen LogP contribution in [0.2, 0.25) is 0 Å². The SMILES string of the molecule is [C-]#[N+]/C(C#N)=C(\C)c1ccc(OCCC(C)CCOc2ccc(C(C)=C(C#N)C#N)cc2)cc1.[C-]#[N+]/C(C#N)=C(\C)c1ccc(OCCCCOc2ccc(C(C)=C(C#N)C#N)cc2)cc1. The zero-order chi connectivity index (χ0) is 48.3. The molecule has 66 heavy (non-hydrogen) atoms. The average Bonchev–Trinajstić information content (AvgIpc) is 3.35. The van der Waals surface area contributed by atoms with Gasteiger partial charge in [0.2, 0.25) is 0 Å². The Labute approximate surface area is 388 Å². The van der Waals surface area contributed by atoms with Crippen molar-refractivity contribution in [3.8, 4) is 59.4 Å². The third-order valence-electron chi connectivity index (χ3n) is 10.3. The number of nitriles is 6. The molecule has 0 saturated carbocycles. The Morgan fingerprint density at radius 2 is 0.682 bits per heavy atom. The molecular formula is C54H48N8O4. The first kappa shape index (κ1) is 51.3. The monoisotopic (exact) mass is 872 g/mol. The van der Waals surface area contributed by atoms with Crippen molar-refractivity contribution in [3.63, 3.8) is 0 Å². The van der Waals surface area contributed by atoms with E-state index in [2.05, 4.69) is 16.6 Å². The average molecular weight is 873 g/mol. The number of benzene rings is 4. The lowest BCUT2D eigenvalue weighted by molar-refractivity contribution is 0.245. The summed E-state index contributed by atoms with van der Waals surface area (Å²) in [6.07, 6.45) is 3.41. The van der Waals surface area contributed by atoms with Crippen molar-refractivity contribution in [2.24, 2.45) is 5.92 Å². The maximum atomic E-state index is 9.00. The van der Waals surface area contributed by atoms with Crippen LogP contribution in [0.25, 0.3) is 32.0 Å². The molecule has 12 nitrogen and oxygen atoms in total. The smallest absolute Gasteiger partial charge is 0.265 e. The number of hydrogen-bond donors (Lipinski definition) is 0. The molecule has 0 radical (unpaired) electrons. The first-order chi connectivity index (χ1) is 32.0. The summed E-state index contributed by atoms with van der Waals surface area (Å²) < 4.78 is 23.1. The van der Waals surface area contributed by atoms with Gasteiger partial charge in [0.15, 0.2) is 0 Å². The van der Waals surface area contributed by atoms with E-state index in [1.165, 1.54) is 0 Å². The molecule has 4 aromatic carbocycles. The second kappa shape index (κ2) is 27.8. The van der Waals surface area contributed by atoms with Crippen LogP contribution in [0.4, 0.5) is 0 Å². The van der Waals surface area contributed by atoms with Crippen molar-refractivity contribution in [1.82, 2.24) is 0 Å². The summed E-state index contributed by atoms with van der Waals surface area (Å²) in [5.41, 5.74) is 6.33. The Bertz CT molecular complexity index is 2510. The van der Waals surface area contributed by atoms with Crippen LogP contribution in [0.5, 0.6) is 23.0 Å². The van der Waals surface area contributed by atoms with E-state index in [1.807, 2.05) is 133 Å². The number of ether oxygens (including phenoxy) is 4. The molecule has 0 aliphatic carbocycles. The number of nitrogens with zero attached hydrogens (tertiary/aromatic N) is 8. The molecule has 0 N–H and O–H groups in total. The molecule has 0 bridgehead atoms. The summed E-state index contributed by atoms with van der Waals surface area (Å²) in [6.45, 7) is 25.5. The van der Waals surface area contributed by atoms with Gasteiger partial charge < -0.3 is 18.9 Å². The van der Waals surface area contributed by atoms with E-state index < -0.39 is 0 Å². The molecule has 0 fully saturated rings. The zero-order valence-electron chi connectivity index (χ0n) is 37.7. The molecular weight excluding hydrogens is 825 g/mol. The van der Waals surface area contributed by atoms with Gasteiger partial charge in [-0.2, -0.15) is 21.0 Å². The van der Waals surface area contributed by atoms with Crippen LogP contribution in [-0.2, 0) is 0 Å². The summed E-state index contributed by atoms with van der Waals surface area (Å²) in [5, 5.41) is 53.9. The molecule has 0 spiro atoms. The largest absolute Gasteiger partial charge is 0.494 e. The van der Waals surface area contributed by atoms with Crippen molar-refractivity contribution in [2.75, 3.05) is 26.4 Å². The lowest BCUT2D eigenvalue weighted by Crippen LogP contribution is -2.08. The van der Waals surface area contributed by atoms with Crippen molar-refractivity contribution >= 4 is 22.3 Å². The van der Waals surface area contributed by atoms with Gasteiger partial charge in [-0.1, -0.05) is 55.5 Å². The van der Waals surface area contributed by atoms with E-state index in [0.717, 1.165) is 70.9 Å². The van der Waals surface area contributed by atoms with Gasteiger partial charge in [-0.15, -0.1) is 0 Å². The zero-order valence-corrected chi connectivity index (χ0v) is 37.7. The number of rotatable bonds is 19. The molecule has 1 unspecified atom stereocenters. The highest BCUT2D eigenvalue weighted by Crippen LogP contribution is 2.26. The van der Waals surface area contributed by atoms with Crippen LogP contribution in [-0.4, -0.2) is 26.4 Å². The molecule has 4 rings (SSSR count). The lowest BCUT2D eigenvalue weighted by atomic mass is 10.0. The van der Waals surface area contributed by atoms with E-state index in [0.29, 0.717) is 54.6 Å². The quantitative estimate of drug-likeness (QED) is 0.0498. The van der Waals surface area contributed by atoms with Gasteiger partial charge in [-0.05, 0) is 152 Å². The van der Waals surface area contributed by atoms with E-state index in [-0.39, 0.29) is 22.5 Å². The maximum absolute atomic E-state index is 9.00. The standard InChI is InChI=1S/C28H26N4O2.C26H22N4O2/c1-20(13-15-33-26-9-5-23(6-10-26)21(2)25(17-29)18-30)14-16-34-27-11-7-24(8-12-27)22(3)28(19-31)32-4;1-19(23(16-27)17-28)21-6-10-24(11-7-21)31-14-4-5-15-32-25-12-8-22(9-13-25)20(2)26(18-29)30-3/h5-12,20H,13-16H2,1-3H3;6-13H,4-5,14-15H2,1-2H3/b28-22+;26-20+. The van der Waals surface area contributed by atoms with Gasteiger partial charge in [0.25, 0.3) is 11.4 Å². The fourth-order valence-corrected chi connectivity index (χ4v) is 6.02. The first-order valence-electron chi connectivity index (χ1n) is 20.9. The number of unbranched alkanes of at least 4 members (excludes halogenated alkanes) is 1. The second-order valence-electron chi connectivity index (χ2n) is 14.7. The molecule has 328 valence electrons. The maximum Gasteiger partial charge on any atom is 0.265 e. The third kappa shape index (κ3) is 16.0. The van der Waals surface area contributed by atoms with E-state index in [1.54, 1.807) is 27.7 Å². The fourth-order valence-electron chi connectivity index (χ4n) is 6.02. The van der Waals surface area contributed by atoms with Gasteiger partial charge in [0.05, 0.1) is 51.7 Å². The van der Waals surface area contributed by atoms with Crippen LogP contribution in [0.1, 0.15) is 82.6 Å². The molecule has 12 heteroatoms. The van der Waals surface area contributed by atoms with Crippen LogP contribution >= 0.6 is 0 Å². The minimum Gasteiger partial charge on any atom is -0.494 e. The van der Waals surface area contributed by atoms with Gasteiger partial charge >= 0.3 is 0 Å². The Hall–Kier alpha value is -9.04. The van der Waals surface area contributed by atoms with Crippen molar-refractivity contribution < 1.29 is 18.9 Å². The third-order valence-corrected chi connectivity index (χ3v) is 10.3. The van der Waals surface area contributed by atoms with Crippen LogP contribution in [0.3, 0.4) is 0 Å². The molecule has 0 saturated heterocycles. The summed E-state index contributed by atoms with van der Waals surface area (Å²) in [6, 6.07) is 40.9. The normalized spacial score (nSPS) is 11.0. The highest BCUT2D eigenvalue weighted by molar-refractivity contribution is 5.75. The summed E-state index contributed by atoms with van der Waals surface area (Å²) in [5.74, 6) is 3.38. The van der Waals surface area contributed by atoms with Gasteiger partial charge in [-0.25, -0.2) is 20.2 Å². The minimum atomic E-state index is 0.0917. The number of allylic oxidation sites excluding steroid dienone is 8. The summed E-state index contributed by atoms with van der Waals surface area (Å²) in [7, 11) is 0. The van der Waals surface area contributed by atoms with Crippen molar-refractivity contribution in [2.45, 2.75) is 60.3 Å². The van der Waals surface area contributed by atoms with E-state index in [4.69, 9.17) is 63.7 Å². The predicted molar refractivity (Wildman–Crippen MR) is 253 cm³/mol. The Balaban J connectivity index is 0.000000351. The first-order valence-corrected chi connectivity index (χ1v) is 20.9. The fraction of sp³-hybridized carbons (Fsp3) is 0.259. The van der Waals surface area contributed by atoms with Crippen molar-refractivity contribution in [1.29, 1.82) is 31.6 Å². The predicted octanol–water partition coefficient (Wildman–Crippen LogP) is 12.5. The van der Waals surface area contributed by atoms with E-state index in [9.17, 15) is 0 Å². The lowest BCUT2D eigenvalue weighted by Gasteiger charge is -2.14. The van der Waals surface area contributed by atoms with Crippen LogP contribution in [0.15, 0.2) is 120 Å². The van der Waals surface area contributed by atoms with Gasteiger partial charge in [0, 0.05) is 0 Å². The molecule has 0 aliphatic rings. The van der Waals surface area contributed by atoms with E-state index >= 15 is 0 Å². The Morgan fingerprint density at radius 1 is 0.424 bits per heavy atom. The Morgan fingerprint density at radius 3 is 0.924 bits per heavy atom. The molecule has 0 aromatic heterocycles. The van der Waals surface area contributed by atoms with Crippen molar-refractivity contribution in [3.05, 3.63) is 165 Å². The molecule has 4 aromatic rings. The summed E-state index contributed by atoms with van der Waals surface area (Å²) in [4.78, 5) is 6.48. The molecule has 1 atom stereocenters. The molecule has 0 aliphatic heterocycles. The van der Waals surface area contributed by atoms with Crippen LogP contribution in [0, 0.1) is 87.0 Å². The molecule has 0 amide bonds. The highest BCUT2D eigenvalue weighted by atomic mass is 16.5. The topological polar surface area (TPSA) is 188 Å². The number of hydrogen-bond acceptors (Lipinski definition) is 10. The second-order valence-corrected chi connectivity index (χ2v) is 14.7. The highest BCUT2D eigenvalue weighted by Gasteiger charge is 2.09. The molecule has 0 heterocycles. The van der Waals surface area contributed by atoms with Gasteiger partial charge in [-0.3, -0.25) is 0 Å². The Kier molecular flexibility index (Phi) is 21.6.